The average molecular weight is 423 g/mol. The summed E-state index contributed by atoms with van der Waals surface area (Å²) >= 11 is 18.5. The van der Waals surface area contributed by atoms with Gasteiger partial charge in [-0.25, -0.2) is 0 Å². The Bertz CT molecular complexity index is 931. The van der Waals surface area contributed by atoms with Crippen LogP contribution in [0.1, 0.15) is 11.1 Å². The van der Waals surface area contributed by atoms with Crippen molar-refractivity contribution < 1.29 is 9.47 Å². The van der Waals surface area contributed by atoms with Crippen molar-refractivity contribution >= 4 is 40.5 Å². The van der Waals surface area contributed by atoms with Crippen LogP contribution < -0.4 is 14.8 Å². The monoisotopic (exact) mass is 421 g/mol. The molecule has 27 heavy (non-hydrogen) atoms. The largest absolute Gasteiger partial charge is 0.493 e. The minimum absolute atomic E-state index is 0.344. The first kappa shape index (κ1) is 19.7. The highest BCUT2D eigenvalue weighted by Gasteiger charge is 2.12. The molecule has 0 aromatic heterocycles. The van der Waals surface area contributed by atoms with Crippen molar-refractivity contribution in [2.75, 3.05) is 12.4 Å². The molecule has 0 spiro atoms. The highest BCUT2D eigenvalue weighted by atomic mass is 35.5. The van der Waals surface area contributed by atoms with Gasteiger partial charge in [0.1, 0.15) is 6.61 Å². The maximum absolute atomic E-state index is 6.44. The number of anilines is 1. The number of hydrogen-bond acceptors (Lipinski definition) is 3. The predicted molar refractivity (Wildman–Crippen MR) is 113 cm³/mol. The number of ether oxygens (including phenoxy) is 2. The fourth-order valence-corrected chi connectivity index (χ4v) is 3.29. The van der Waals surface area contributed by atoms with Crippen LogP contribution in [0.5, 0.6) is 11.5 Å². The molecule has 0 fully saturated rings. The Morgan fingerprint density at radius 3 is 2.30 bits per heavy atom. The number of nitrogens with one attached hydrogen (secondary N) is 1. The van der Waals surface area contributed by atoms with Crippen LogP contribution in [-0.4, -0.2) is 7.11 Å². The molecular weight excluding hydrogens is 405 g/mol. The average Bonchev–Trinajstić information content (AvgIpc) is 2.65. The molecule has 6 heteroatoms. The third kappa shape index (κ3) is 5.46. The quantitative estimate of drug-likeness (QED) is 0.452. The lowest BCUT2D eigenvalue weighted by molar-refractivity contribution is 0.284. The molecule has 0 aliphatic heterocycles. The number of methoxy groups -OCH3 is 1. The first-order valence-corrected chi connectivity index (χ1v) is 9.41. The van der Waals surface area contributed by atoms with E-state index in [9.17, 15) is 0 Å². The fraction of sp³-hybridized carbons (Fsp3) is 0.143. The molecule has 3 rings (SSSR count). The summed E-state index contributed by atoms with van der Waals surface area (Å²) in [6.07, 6.45) is 0. The minimum Gasteiger partial charge on any atom is -0.493 e. The van der Waals surface area contributed by atoms with E-state index in [1.165, 1.54) is 0 Å². The molecule has 0 aliphatic carbocycles. The van der Waals surface area contributed by atoms with Crippen LogP contribution in [0.4, 0.5) is 5.69 Å². The van der Waals surface area contributed by atoms with Gasteiger partial charge in [-0.3, -0.25) is 0 Å². The van der Waals surface area contributed by atoms with Crippen molar-refractivity contribution in [3.8, 4) is 11.5 Å². The van der Waals surface area contributed by atoms with Crippen molar-refractivity contribution in [3.63, 3.8) is 0 Å². The first-order chi connectivity index (χ1) is 13.0. The smallest absolute Gasteiger partial charge is 0.180 e. The maximum atomic E-state index is 6.44. The molecule has 140 valence electrons. The highest BCUT2D eigenvalue weighted by molar-refractivity contribution is 6.32. The van der Waals surface area contributed by atoms with Crippen LogP contribution in [0.2, 0.25) is 15.1 Å². The molecule has 0 aliphatic rings. The molecule has 3 aromatic carbocycles. The van der Waals surface area contributed by atoms with Gasteiger partial charge in [0.25, 0.3) is 0 Å². The van der Waals surface area contributed by atoms with Crippen LogP contribution in [-0.2, 0) is 13.2 Å². The maximum Gasteiger partial charge on any atom is 0.180 e. The van der Waals surface area contributed by atoms with Crippen LogP contribution in [0.15, 0.2) is 60.7 Å². The van der Waals surface area contributed by atoms with Crippen LogP contribution in [0.25, 0.3) is 0 Å². The Morgan fingerprint density at radius 1 is 0.852 bits per heavy atom. The highest BCUT2D eigenvalue weighted by Crippen LogP contribution is 2.37. The summed E-state index contributed by atoms with van der Waals surface area (Å²) in [5.74, 6) is 1.08. The van der Waals surface area contributed by atoms with E-state index in [2.05, 4.69) is 5.32 Å². The summed E-state index contributed by atoms with van der Waals surface area (Å²) in [7, 11) is 1.59. The van der Waals surface area contributed by atoms with E-state index < -0.39 is 0 Å². The number of halogens is 3. The molecule has 0 saturated heterocycles. The summed E-state index contributed by atoms with van der Waals surface area (Å²) < 4.78 is 11.3. The van der Waals surface area contributed by atoms with E-state index in [0.717, 1.165) is 16.8 Å². The Morgan fingerprint density at radius 2 is 1.59 bits per heavy atom. The van der Waals surface area contributed by atoms with Crippen LogP contribution >= 0.6 is 34.8 Å². The normalized spacial score (nSPS) is 10.5. The Kier molecular flexibility index (Phi) is 6.73. The number of rotatable bonds is 7. The van der Waals surface area contributed by atoms with Gasteiger partial charge in [0.05, 0.1) is 12.1 Å². The second kappa shape index (κ2) is 9.23. The third-order valence-corrected chi connectivity index (χ3v) is 4.63. The number of benzene rings is 3. The molecule has 3 aromatic rings. The Hall–Kier alpha value is -2.07. The first-order valence-electron chi connectivity index (χ1n) is 8.28. The molecule has 0 heterocycles. The van der Waals surface area contributed by atoms with E-state index >= 15 is 0 Å². The minimum atomic E-state index is 0.344. The van der Waals surface area contributed by atoms with Gasteiger partial charge >= 0.3 is 0 Å². The molecule has 3 nitrogen and oxygen atoms in total. The molecule has 0 unspecified atom stereocenters. The predicted octanol–water partition coefficient (Wildman–Crippen LogP) is 6.85. The lowest BCUT2D eigenvalue weighted by Crippen LogP contribution is -2.02. The van der Waals surface area contributed by atoms with Gasteiger partial charge in [-0.15, -0.1) is 0 Å². The summed E-state index contributed by atoms with van der Waals surface area (Å²) in [6, 6.07) is 18.8. The van der Waals surface area contributed by atoms with E-state index in [-0.39, 0.29) is 0 Å². The van der Waals surface area contributed by atoms with E-state index in [1.54, 1.807) is 7.11 Å². The second-order valence-corrected chi connectivity index (χ2v) is 7.17. The van der Waals surface area contributed by atoms with Crippen molar-refractivity contribution in [2.24, 2.45) is 0 Å². The lowest BCUT2D eigenvalue weighted by atomic mass is 10.2. The summed E-state index contributed by atoms with van der Waals surface area (Å²) in [5.41, 5.74) is 2.85. The van der Waals surface area contributed by atoms with Crippen molar-refractivity contribution in [2.45, 2.75) is 13.2 Å². The van der Waals surface area contributed by atoms with E-state index in [0.29, 0.717) is 39.7 Å². The van der Waals surface area contributed by atoms with Gasteiger partial charge in [-0.2, -0.15) is 0 Å². The number of hydrogen-bond donors (Lipinski definition) is 1. The molecule has 0 atom stereocenters. The van der Waals surface area contributed by atoms with Crippen LogP contribution in [0, 0.1) is 0 Å². The van der Waals surface area contributed by atoms with Gasteiger partial charge in [-0.1, -0.05) is 53.0 Å². The van der Waals surface area contributed by atoms with Crippen molar-refractivity contribution in [1.29, 1.82) is 0 Å². The van der Waals surface area contributed by atoms with Crippen molar-refractivity contribution in [1.82, 2.24) is 0 Å². The zero-order valence-electron chi connectivity index (χ0n) is 14.6. The zero-order valence-corrected chi connectivity index (χ0v) is 16.9. The standard InChI is InChI=1S/C21H18Cl3NO2/c1-26-20-10-15(12-25-18-7-3-6-17(23)11-18)9-19(24)21(20)27-13-14-4-2-5-16(22)8-14/h2-11,25H,12-13H2,1H3. The lowest BCUT2D eigenvalue weighted by Gasteiger charge is -2.15. The van der Waals surface area contributed by atoms with Gasteiger partial charge < -0.3 is 14.8 Å². The SMILES string of the molecule is COc1cc(CNc2cccc(Cl)c2)cc(Cl)c1OCc1cccc(Cl)c1. The summed E-state index contributed by atoms with van der Waals surface area (Å²) in [6.45, 7) is 0.918. The van der Waals surface area contributed by atoms with Gasteiger partial charge in [0.15, 0.2) is 11.5 Å². The molecule has 0 radical (unpaired) electrons. The Labute approximate surface area is 173 Å². The van der Waals surface area contributed by atoms with Crippen molar-refractivity contribution in [3.05, 3.63) is 86.9 Å². The van der Waals surface area contributed by atoms with Crippen LogP contribution in [0.3, 0.4) is 0 Å². The fourth-order valence-electron chi connectivity index (χ4n) is 2.60. The molecule has 0 saturated carbocycles. The molecular formula is C21H18Cl3NO2. The molecule has 1 N–H and O–H groups in total. The summed E-state index contributed by atoms with van der Waals surface area (Å²) in [5, 5.41) is 5.14. The second-order valence-electron chi connectivity index (χ2n) is 5.89. The van der Waals surface area contributed by atoms with Gasteiger partial charge in [-0.05, 0) is 53.6 Å². The Balaban J connectivity index is 1.72. The third-order valence-electron chi connectivity index (χ3n) is 3.88. The molecule has 0 amide bonds. The summed E-state index contributed by atoms with van der Waals surface area (Å²) in [4.78, 5) is 0. The topological polar surface area (TPSA) is 30.5 Å². The van der Waals surface area contributed by atoms with Gasteiger partial charge in [0.2, 0.25) is 0 Å². The molecule has 0 bridgehead atoms. The zero-order chi connectivity index (χ0) is 19.2. The van der Waals surface area contributed by atoms with Gasteiger partial charge in [0, 0.05) is 22.3 Å². The van der Waals surface area contributed by atoms with E-state index in [1.807, 2.05) is 60.7 Å². The van der Waals surface area contributed by atoms with E-state index in [4.69, 9.17) is 44.3 Å².